The molecule has 0 spiro atoms. The molecule has 0 saturated heterocycles. The molecule has 0 bridgehead atoms. The standard InChI is InChI=1S/C48H30N2Se/c1-2-11-31(12-3-1)32-21-23-33(24-22-32)34-25-28-46-40(29-34)48-44(19-10-20-47(48)51-46)50-43-18-9-6-15-38(43)39-27-26-35(30-45(39)50)49-41-16-7-4-13-36(41)37-14-5-8-17-42(37)49/h1-30H. The Kier molecular flexibility index (Phi) is 6.30. The van der Waals surface area contributed by atoms with Gasteiger partial charge >= 0.3 is 302 Å². The van der Waals surface area contributed by atoms with Gasteiger partial charge in [-0.2, -0.15) is 0 Å². The SMILES string of the molecule is c1ccc(-c2ccc(-c3ccc4[se]c5cccc(-n6c7ccccc7c7ccc(-n8c9ccccc9c9ccccc98)cc76)c5c4c3)cc2)cc1. The van der Waals surface area contributed by atoms with E-state index in [9.17, 15) is 0 Å². The third kappa shape index (κ3) is 4.36. The molecule has 11 rings (SSSR count). The molecule has 0 N–H and O–H groups in total. The van der Waals surface area contributed by atoms with E-state index in [1.807, 2.05) is 0 Å². The Bertz CT molecular complexity index is 3070. The molecule has 11 aromatic rings. The van der Waals surface area contributed by atoms with Crippen LogP contribution in [0.3, 0.4) is 0 Å². The van der Waals surface area contributed by atoms with Gasteiger partial charge in [0.25, 0.3) is 0 Å². The quantitative estimate of drug-likeness (QED) is 0.161. The van der Waals surface area contributed by atoms with E-state index >= 15 is 0 Å². The second-order valence-corrected chi connectivity index (χ2v) is 15.6. The summed E-state index contributed by atoms with van der Waals surface area (Å²) in [5.41, 5.74) is 12.3. The van der Waals surface area contributed by atoms with Gasteiger partial charge in [0.1, 0.15) is 0 Å². The van der Waals surface area contributed by atoms with Crippen molar-refractivity contribution in [1.82, 2.24) is 9.13 Å². The molecule has 238 valence electrons. The van der Waals surface area contributed by atoms with Crippen LogP contribution in [0.15, 0.2) is 182 Å². The molecule has 0 atom stereocenters. The molecule has 3 aromatic heterocycles. The van der Waals surface area contributed by atoms with Crippen molar-refractivity contribution in [1.29, 1.82) is 0 Å². The molecule has 0 aliphatic rings. The minimum absolute atomic E-state index is 0.239. The first-order valence-corrected chi connectivity index (χ1v) is 19.1. The second kappa shape index (κ2) is 11.2. The third-order valence-electron chi connectivity index (χ3n) is 10.5. The molecule has 0 aliphatic carbocycles. The van der Waals surface area contributed by atoms with Gasteiger partial charge in [-0.05, 0) is 0 Å². The van der Waals surface area contributed by atoms with Crippen molar-refractivity contribution >= 4 is 77.4 Å². The van der Waals surface area contributed by atoms with Crippen molar-refractivity contribution < 1.29 is 0 Å². The van der Waals surface area contributed by atoms with E-state index in [2.05, 4.69) is 191 Å². The van der Waals surface area contributed by atoms with Crippen molar-refractivity contribution in [3.63, 3.8) is 0 Å². The summed E-state index contributed by atoms with van der Waals surface area (Å²) in [6.07, 6.45) is 0. The summed E-state index contributed by atoms with van der Waals surface area (Å²) in [5.74, 6) is 0. The summed E-state index contributed by atoms with van der Waals surface area (Å²) in [5, 5.41) is 7.81. The van der Waals surface area contributed by atoms with E-state index in [1.165, 1.54) is 96.5 Å². The Morgan fingerprint density at radius 2 is 0.863 bits per heavy atom. The Morgan fingerprint density at radius 1 is 0.314 bits per heavy atom. The first-order chi connectivity index (χ1) is 25.3. The van der Waals surface area contributed by atoms with Gasteiger partial charge in [-0.3, -0.25) is 0 Å². The molecule has 0 fully saturated rings. The molecule has 8 aromatic carbocycles. The molecule has 51 heavy (non-hydrogen) atoms. The summed E-state index contributed by atoms with van der Waals surface area (Å²) in [6, 6.07) is 67.1. The number of aromatic nitrogens is 2. The first kappa shape index (κ1) is 28.7. The minimum atomic E-state index is 0.239. The molecular weight excluding hydrogens is 684 g/mol. The van der Waals surface area contributed by atoms with Crippen molar-refractivity contribution in [3.05, 3.63) is 182 Å². The Labute approximate surface area is 300 Å². The van der Waals surface area contributed by atoms with Crippen LogP contribution in [0.5, 0.6) is 0 Å². The number of para-hydroxylation sites is 3. The maximum absolute atomic E-state index is 2.52. The van der Waals surface area contributed by atoms with E-state index in [1.54, 1.807) is 0 Å². The van der Waals surface area contributed by atoms with Gasteiger partial charge in [0.05, 0.1) is 0 Å². The summed E-state index contributed by atoms with van der Waals surface area (Å²) in [6.45, 7) is 0. The summed E-state index contributed by atoms with van der Waals surface area (Å²) >= 11 is 0.239. The van der Waals surface area contributed by atoms with E-state index in [0.29, 0.717) is 0 Å². The van der Waals surface area contributed by atoms with Crippen molar-refractivity contribution in [2.24, 2.45) is 0 Å². The topological polar surface area (TPSA) is 9.86 Å². The van der Waals surface area contributed by atoms with Gasteiger partial charge < -0.3 is 0 Å². The zero-order valence-corrected chi connectivity index (χ0v) is 29.3. The van der Waals surface area contributed by atoms with Crippen LogP contribution in [0.1, 0.15) is 0 Å². The number of nitrogens with zero attached hydrogens (tertiary/aromatic N) is 2. The van der Waals surface area contributed by atoms with E-state index in [-0.39, 0.29) is 14.5 Å². The molecule has 0 aliphatic heterocycles. The number of benzene rings is 8. The van der Waals surface area contributed by atoms with Crippen molar-refractivity contribution in [3.8, 4) is 33.6 Å². The van der Waals surface area contributed by atoms with Gasteiger partial charge in [0, 0.05) is 0 Å². The summed E-state index contributed by atoms with van der Waals surface area (Å²) in [4.78, 5) is 0. The molecule has 2 nitrogen and oxygen atoms in total. The Morgan fingerprint density at radius 3 is 1.55 bits per heavy atom. The van der Waals surface area contributed by atoms with Crippen LogP contribution in [0.25, 0.3) is 96.5 Å². The van der Waals surface area contributed by atoms with Gasteiger partial charge in [-0.15, -0.1) is 0 Å². The molecule has 0 saturated carbocycles. The average molecular weight is 714 g/mol. The zero-order valence-electron chi connectivity index (χ0n) is 27.6. The average Bonchev–Trinajstić information content (AvgIpc) is 3.85. The number of hydrogen-bond acceptors (Lipinski definition) is 0. The van der Waals surface area contributed by atoms with Gasteiger partial charge in [0.2, 0.25) is 0 Å². The van der Waals surface area contributed by atoms with Crippen LogP contribution in [-0.2, 0) is 0 Å². The first-order valence-electron chi connectivity index (χ1n) is 17.4. The summed E-state index contributed by atoms with van der Waals surface area (Å²) in [7, 11) is 0. The Hall–Kier alpha value is -6.12. The number of fused-ring (bicyclic) bond motifs is 9. The fourth-order valence-electron chi connectivity index (χ4n) is 8.22. The van der Waals surface area contributed by atoms with E-state index < -0.39 is 0 Å². The van der Waals surface area contributed by atoms with Crippen LogP contribution in [0.4, 0.5) is 0 Å². The van der Waals surface area contributed by atoms with Gasteiger partial charge in [-0.1, -0.05) is 0 Å². The monoisotopic (exact) mass is 714 g/mol. The zero-order chi connectivity index (χ0) is 33.5. The second-order valence-electron chi connectivity index (χ2n) is 13.3. The van der Waals surface area contributed by atoms with Crippen LogP contribution in [0, 0.1) is 0 Å². The van der Waals surface area contributed by atoms with Crippen molar-refractivity contribution in [2.75, 3.05) is 0 Å². The van der Waals surface area contributed by atoms with Gasteiger partial charge in [-0.25, -0.2) is 0 Å². The van der Waals surface area contributed by atoms with Crippen LogP contribution < -0.4 is 0 Å². The number of hydrogen-bond donors (Lipinski definition) is 0. The van der Waals surface area contributed by atoms with Crippen molar-refractivity contribution in [2.45, 2.75) is 0 Å². The normalized spacial score (nSPS) is 11.9. The predicted molar refractivity (Wildman–Crippen MR) is 218 cm³/mol. The van der Waals surface area contributed by atoms with Crippen LogP contribution in [0.2, 0.25) is 0 Å². The Balaban J connectivity index is 1.14. The molecular formula is C48H30N2Se. The third-order valence-corrected chi connectivity index (χ3v) is 12.9. The van der Waals surface area contributed by atoms with Gasteiger partial charge in [0.15, 0.2) is 0 Å². The molecule has 0 amide bonds. The predicted octanol–water partition coefficient (Wildman–Crippen LogP) is 12.6. The fourth-order valence-corrected chi connectivity index (χ4v) is 10.5. The van der Waals surface area contributed by atoms with Crippen LogP contribution >= 0.6 is 0 Å². The molecule has 0 unspecified atom stereocenters. The van der Waals surface area contributed by atoms with E-state index in [4.69, 9.17) is 0 Å². The molecule has 3 heteroatoms. The summed E-state index contributed by atoms with van der Waals surface area (Å²) < 4.78 is 7.83. The molecule has 3 heterocycles. The van der Waals surface area contributed by atoms with Crippen LogP contribution in [-0.4, -0.2) is 23.6 Å². The number of rotatable bonds is 4. The molecule has 0 radical (unpaired) electrons. The fraction of sp³-hybridized carbons (Fsp3) is 0. The van der Waals surface area contributed by atoms with E-state index in [0.717, 1.165) is 0 Å². The maximum atomic E-state index is 2.52.